The molecule has 0 aliphatic carbocycles. The zero-order valence-corrected chi connectivity index (χ0v) is 9.29. The molecule has 0 aromatic heterocycles. The van der Waals surface area contributed by atoms with Crippen LogP contribution < -0.4 is 0 Å². The molecular formula is C8H4BrClF4O. The van der Waals surface area contributed by atoms with Crippen LogP contribution in [0.3, 0.4) is 0 Å². The number of aliphatic hydroxyl groups excluding tert-OH is 1. The Balaban J connectivity index is 3.31. The smallest absolute Gasteiger partial charge is 0.351 e. The summed E-state index contributed by atoms with van der Waals surface area (Å²) in [6.45, 7) is 0. The van der Waals surface area contributed by atoms with Crippen LogP contribution in [0.2, 0.25) is 0 Å². The third-order valence-electron chi connectivity index (χ3n) is 1.66. The van der Waals surface area contributed by atoms with E-state index in [1.165, 1.54) is 0 Å². The molecule has 0 heterocycles. The Morgan fingerprint density at radius 2 is 1.87 bits per heavy atom. The summed E-state index contributed by atoms with van der Waals surface area (Å²) < 4.78 is 50.9. The minimum Gasteiger partial charge on any atom is -0.380 e. The Labute approximate surface area is 95.8 Å². The maximum Gasteiger partial charge on any atom is 0.351 e. The summed E-state index contributed by atoms with van der Waals surface area (Å²) in [5.41, 5.74) is -1.16. The predicted octanol–water partition coefficient (Wildman–Crippen LogP) is 3.59. The first-order chi connectivity index (χ1) is 6.75. The second-order valence-electron chi connectivity index (χ2n) is 2.70. The number of hydrogen-bond donors (Lipinski definition) is 1. The lowest BCUT2D eigenvalue weighted by atomic mass is 10.1. The Hall–Kier alpha value is -0.330. The molecule has 0 aliphatic rings. The second-order valence-corrected chi connectivity index (χ2v) is 4.06. The van der Waals surface area contributed by atoms with Crippen molar-refractivity contribution in [3.63, 3.8) is 0 Å². The monoisotopic (exact) mass is 306 g/mol. The Morgan fingerprint density at radius 1 is 1.33 bits per heavy atom. The molecule has 1 aromatic rings. The number of benzene rings is 1. The van der Waals surface area contributed by atoms with Gasteiger partial charge in [0.1, 0.15) is 11.6 Å². The standard InChI is InChI=1S/C8H4BrClF4O/c9-3-1-2-4(11)5(6(3)12)7(15)8(10,13)14/h1-2,7,15H. The Bertz CT molecular complexity index is 380. The third-order valence-corrected chi connectivity index (χ3v) is 2.48. The highest BCUT2D eigenvalue weighted by Gasteiger charge is 2.40. The fourth-order valence-electron chi connectivity index (χ4n) is 0.957. The molecule has 0 bridgehead atoms. The van der Waals surface area contributed by atoms with E-state index in [9.17, 15) is 17.6 Å². The van der Waals surface area contributed by atoms with Gasteiger partial charge in [-0.15, -0.1) is 0 Å². The molecule has 0 radical (unpaired) electrons. The molecular weight excluding hydrogens is 303 g/mol. The summed E-state index contributed by atoms with van der Waals surface area (Å²) in [4.78, 5) is 0. The van der Waals surface area contributed by atoms with Crippen LogP contribution in [0.5, 0.6) is 0 Å². The van der Waals surface area contributed by atoms with E-state index in [0.717, 1.165) is 12.1 Å². The highest BCUT2D eigenvalue weighted by Crippen LogP contribution is 2.38. The molecule has 0 saturated carbocycles. The zero-order chi connectivity index (χ0) is 11.8. The van der Waals surface area contributed by atoms with Gasteiger partial charge in [-0.3, -0.25) is 0 Å². The molecule has 1 nitrogen and oxygen atoms in total. The van der Waals surface area contributed by atoms with E-state index < -0.39 is 28.7 Å². The quantitative estimate of drug-likeness (QED) is 0.503. The van der Waals surface area contributed by atoms with Crippen LogP contribution in [0, 0.1) is 11.6 Å². The minimum atomic E-state index is -4.14. The topological polar surface area (TPSA) is 20.2 Å². The molecule has 1 rings (SSSR count). The van der Waals surface area contributed by atoms with Crippen molar-refractivity contribution in [2.45, 2.75) is 11.5 Å². The molecule has 0 spiro atoms. The molecule has 84 valence electrons. The number of alkyl halides is 3. The lowest BCUT2D eigenvalue weighted by Crippen LogP contribution is -2.21. The first-order valence-corrected chi connectivity index (χ1v) is 4.80. The van der Waals surface area contributed by atoms with Crippen LogP contribution in [0.25, 0.3) is 0 Å². The van der Waals surface area contributed by atoms with Crippen LogP contribution >= 0.6 is 27.5 Å². The number of aliphatic hydroxyl groups is 1. The predicted molar refractivity (Wildman–Crippen MR) is 49.8 cm³/mol. The van der Waals surface area contributed by atoms with Crippen molar-refractivity contribution in [2.75, 3.05) is 0 Å². The summed E-state index contributed by atoms with van der Waals surface area (Å²) in [5.74, 6) is -2.59. The molecule has 15 heavy (non-hydrogen) atoms. The Kier molecular flexibility index (Phi) is 3.63. The van der Waals surface area contributed by atoms with Gasteiger partial charge in [0, 0.05) is 0 Å². The summed E-state index contributed by atoms with van der Waals surface area (Å²) in [6.07, 6.45) is -2.74. The highest BCUT2D eigenvalue weighted by molar-refractivity contribution is 9.10. The van der Waals surface area contributed by atoms with Gasteiger partial charge in [-0.1, -0.05) is 0 Å². The first-order valence-electron chi connectivity index (χ1n) is 3.63. The van der Waals surface area contributed by atoms with E-state index in [0.29, 0.717) is 0 Å². The number of rotatable bonds is 2. The van der Waals surface area contributed by atoms with E-state index in [4.69, 9.17) is 5.11 Å². The number of halogens is 6. The molecule has 0 aliphatic heterocycles. The molecule has 1 N–H and O–H groups in total. The SMILES string of the molecule is OC(c1c(F)ccc(Br)c1F)C(F)(F)Cl. The summed E-state index contributed by atoms with van der Waals surface area (Å²) >= 11 is 7.16. The van der Waals surface area contributed by atoms with Gasteiger partial charge in [-0.2, -0.15) is 8.78 Å². The molecule has 0 amide bonds. The average Bonchev–Trinajstić information content (AvgIpc) is 2.10. The second kappa shape index (κ2) is 4.27. The first kappa shape index (κ1) is 12.7. The van der Waals surface area contributed by atoms with Crippen molar-refractivity contribution < 1.29 is 22.7 Å². The van der Waals surface area contributed by atoms with Gasteiger partial charge in [-0.05, 0) is 39.7 Å². The maximum atomic E-state index is 13.2. The normalized spacial score (nSPS) is 14.1. The van der Waals surface area contributed by atoms with Crippen LogP contribution in [-0.4, -0.2) is 10.5 Å². The van der Waals surface area contributed by atoms with Crippen LogP contribution in [-0.2, 0) is 0 Å². The van der Waals surface area contributed by atoms with E-state index in [1.54, 1.807) is 0 Å². The summed E-state index contributed by atoms with van der Waals surface area (Å²) in [5, 5.41) is 4.82. The van der Waals surface area contributed by atoms with E-state index >= 15 is 0 Å². The summed E-state index contributed by atoms with van der Waals surface area (Å²) in [7, 11) is 0. The van der Waals surface area contributed by atoms with Crippen molar-refractivity contribution in [3.05, 3.63) is 33.8 Å². The highest BCUT2D eigenvalue weighted by atomic mass is 79.9. The van der Waals surface area contributed by atoms with E-state index in [2.05, 4.69) is 27.5 Å². The average molecular weight is 307 g/mol. The summed E-state index contributed by atoms with van der Waals surface area (Å²) in [6, 6.07) is 1.74. The van der Waals surface area contributed by atoms with Gasteiger partial charge in [0.15, 0.2) is 6.10 Å². The molecule has 0 saturated heterocycles. The van der Waals surface area contributed by atoms with Gasteiger partial charge in [0.25, 0.3) is 0 Å². The number of hydrogen-bond acceptors (Lipinski definition) is 1. The van der Waals surface area contributed by atoms with Crippen molar-refractivity contribution in [2.24, 2.45) is 0 Å². The van der Waals surface area contributed by atoms with Crippen molar-refractivity contribution in [1.29, 1.82) is 0 Å². The van der Waals surface area contributed by atoms with Gasteiger partial charge in [0.05, 0.1) is 10.0 Å². The van der Waals surface area contributed by atoms with Gasteiger partial charge < -0.3 is 5.11 Å². The zero-order valence-electron chi connectivity index (χ0n) is 6.95. The lowest BCUT2D eigenvalue weighted by molar-refractivity contribution is -0.0459. The van der Waals surface area contributed by atoms with Gasteiger partial charge >= 0.3 is 5.38 Å². The van der Waals surface area contributed by atoms with Crippen LogP contribution in [0.15, 0.2) is 16.6 Å². The fraction of sp³-hybridized carbons (Fsp3) is 0.250. The minimum absolute atomic E-state index is 0.237. The van der Waals surface area contributed by atoms with Crippen LogP contribution in [0.4, 0.5) is 17.6 Å². The van der Waals surface area contributed by atoms with E-state index in [-0.39, 0.29) is 4.47 Å². The van der Waals surface area contributed by atoms with Crippen molar-refractivity contribution in [3.8, 4) is 0 Å². The van der Waals surface area contributed by atoms with Crippen molar-refractivity contribution >= 4 is 27.5 Å². The largest absolute Gasteiger partial charge is 0.380 e. The molecule has 1 unspecified atom stereocenters. The molecule has 1 aromatic carbocycles. The molecule has 1 atom stereocenters. The Morgan fingerprint density at radius 3 is 2.33 bits per heavy atom. The van der Waals surface area contributed by atoms with Crippen LogP contribution in [0.1, 0.15) is 11.7 Å². The molecule has 0 fully saturated rings. The van der Waals surface area contributed by atoms with Gasteiger partial charge in [-0.25, -0.2) is 8.78 Å². The fourth-order valence-corrected chi connectivity index (χ4v) is 1.41. The lowest BCUT2D eigenvalue weighted by Gasteiger charge is -2.17. The molecule has 7 heteroatoms. The van der Waals surface area contributed by atoms with E-state index in [1.807, 2.05) is 0 Å². The van der Waals surface area contributed by atoms with Crippen molar-refractivity contribution in [1.82, 2.24) is 0 Å². The third kappa shape index (κ3) is 2.62. The maximum absolute atomic E-state index is 13.2. The van der Waals surface area contributed by atoms with Gasteiger partial charge in [0.2, 0.25) is 0 Å².